The molecule has 17 nitrogen and oxygen atoms in total. The summed E-state index contributed by atoms with van der Waals surface area (Å²) in [7, 11) is 3.21. The van der Waals surface area contributed by atoms with E-state index in [9.17, 15) is 14.7 Å². The van der Waals surface area contributed by atoms with Crippen molar-refractivity contribution < 1.29 is 81.0 Å². The van der Waals surface area contributed by atoms with Crippen molar-refractivity contribution in [3.05, 3.63) is 239 Å². The van der Waals surface area contributed by atoms with Crippen LogP contribution in [0.1, 0.15) is 48.5 Å². The summed E-state index contributed by atoms with van der Waals surface area (Å²) in [5.74, 6) is 0.127. The van der Waals surface area contributed by atoms with Crippen LogP contribution in [0.15, 0.2) is 200 Å². The van der Waals surface area contributed by atoms with E-state index >= 15 is 0 Å². The predicted octanol–water partition coefficient (Wildman–Crippen LogP) is 9.21. The van der Waals surface area contributed by atoms with Crippen LogP contribution < -0.4 is 9.47 Å². The first-order chi connectivity index (χ1) is 40.8. The molecule has 3 aliphatic heterocycles. The lowest BCUT2D eigenvalue weighted by atomic mass is 10.1. The number of methoxy groups -OCH3 is 2. The van der Waals surface area contributed by atoms with Gasteiger partial charge in [0.2, 0.25) is 0 Å². The number of aliphatic hydroxyl groups is 1. The molecule has 0 saturated carbocycles. The number of rotatable bonds is 28. The van der Waals surface area contributed by atoms with Gasteiger partial charge in [-0.15, -0.1) is 0 Å². The monoisotopic (exact) mass is 1130 g/mol. The van der Waals surface area contributed by atoms with Gasteiger partial charge >= 0.3 is 11.9 Å². The van der Waals surface area contributed by atoms with Crippen molar-refractivity contribution in [2.45, 2.75) is 107 Å². The Morgan fingerprint density at radius 2 is 0.735 bits per heavy atom. The van der Waals surface area contributed by atoms with Crippen LogP contribution in [0, 0.1) is 0 Å². The highest BCUT2D eigenvalue weighted by Gasteiger charge is 2.55. The summed E-state index contributed by atoms with van der Waals surface area (Å²) in [6.07, 6.45) is -13.5. The molecule has 3 saturated heterocycles. The SMILES string of the molecule is COc1ccc(COC[C@H]2O[C@H](OC[C@H]3O[C@H](O)[C@@H](OCc4ccccc4)[C@@H]3O[C@H]3O[C@H](COCc4ccc(OC)cc4)[C@@H](OCc4ccccc4)[C@@H]3OC(=O)c3ccccc3)[C@@H](OC(=O)c3ccccc3)[C@@H]2OCc2ccccc2)cc1. The van der Waals surface area contributed by atoms with Crippen molar-refractivity contribution in [2.24, 2.45) is 0 Å². The van der Waals surface area contributed by atoms with Crippen LogP contribution in [0.3, 0.4) is 0 Å². The standard InChI is InChI=1S/C66H68O17/c1-70-51-32-28-47(29-33-51)36-72-41-53-56(74-38-44-18-8-3-9-19-44)60(81-62(67)49-24-14-6-15-25-49)65(79-53)77-43-55-58(59(64(69)78-55)76-40-46-22-12-5-13-23-46)83-66-61(82-63(68)50-26-16-7-17-27-50)57(75-39-45-20-10-4-11-21-45)54(80-66)42-73-37-48-30-34-52(71-2)35-31-48/h3-35,53-61,64-66,69H,36-43H2,1-2H3/t53-,54-,55-,56-,57-,58-,59+,60+,61+,64+,65+,66-/m1/s1. The van der Waals surface area contributed by atoms with Gasteiger partial charge in [-0.05, 0) is 76.3 Å². The Labute approximate surface area is 482 Å². The minimum absolute atomic E-state index is 0.00437. The summed E-state index contributed by atoms with van der Waals surface area (Å²) in [5.41, 5.74) is 4.92. The lowest BCUT2D eigenvalue weighted by Gasteiger charge is -2.30. The fraction of sp³-hybridized carbons (Fsp3) is 0.333. The molecule has 7 aromatic rings. The zero-order chi connectivity index (χ0) is 57.2. The number of ether oxygens (including phenoxy) is 14. The quantitative estimate of drug-likeness (QED) is 0.0458. The second-order valence-corrected chi connectivity index (χ2v) is 20.1. The number of carbonyl (C=O) groups excluding carboxylic acids is 2. The largest absolute Gasteiger partial charge is 0.497 e. The normalized spacial score (nSPS) is 24.8. The molecule has 3 aliphatic rings. The molecule has 0 aliphatic carbocycles. The number of hydrogen-bond donors (Lipinski definition) is 1. The molecule has 17 heteroatoms. The Morgan fingerprint density at radius 1 is 0.373 bits per heavy atom. The summed E-state index contributed by atoms with van der Waals surface area (Å²) in [6.45, 7) is 0.471. The first kappa shape index (κ1) is 58.8. The number of hydrogen-bond acceptors (Lipinski definition) is 17. The molecular formula is C66H68O17. The van der Waals surface area contributed by atoms with Crippen molar-refractivity contribution in [1.29, 1.82) is 0 Å². The molecule has 0 radical (unpaired) electrons. The number of aliphatic hydroxyl groups excluding tert-OH is 1. The summed E-state index contributed by atoms with van der Waals surface area (Å²) in [4.78, 5) is 28.2. The van der Waals surface area contributed by atoms with E-state index in [1.165, 1.54) is 0 Å². The van der Waals surface area contributed by atoms with Gasteiger partial charge in [-0.1, -0.05) is 152 Å². The highest BCUT2D eigenvalue weighted by Crippen LogP contribution is 2.37. The van der Waals surface area contributed by atoms with Crippen LogP contribution in [0.5, 0.6) is 11.5 Å². The lowest BCUT2D eigenvalue weighted by molar-refractivity contribution is -0.231. The van der Waals surface area contributed by atoms with Gasteiger partial charge in [0.15, 0.2) is 31.1 Å². The van der Waals surface area contributed by atoms with E-state index in [-0.39, 0.29) is 58.4 Å². The molecule has 7 aromatic carbocycles. The van der Waals surface area contributed by atoms with Crippen LogP contribution >= 0.6 is 0 Å². The van der Waals surface area contributed by atoms with Crippen molar-refractivity contribution in [2.75, 3.05) is 34.0 Å². The first-order valence-corrected chi connectivity index (χ1v) is 27.6. The molecule has 0 spiro atoms. The number of benzene rings is 7. The van der Waals surface area contributed by atoms with E-state index in [4.69, 9.17) is 66.3 Å². The molecule has 3 fully saturated rings. The van der Waals surface area contributed by atoms with Crippen LogP contribution in [-0.2, 0) is 89.9 Å². The zero-order valence-electron chi connectivity index (χ0n) is 46.1. The third kappa shape index (κ3) is 16.1. The summed E-state index contributed by atoms with van der Waals surface area (Å²) in [5, 5.41) is 11.9. The molecule has 83 heavy (non-hydrogen) atoms. The van der Waals surface area contributed by atoms with Crippen molar-refractivity contribution in [3.63, 3.8) is 0 Å². The summed E-state index contributed by atoms with van der Waals surface area (Å²) in [6, 6.07) is 60.8. The minimum atomic E-state index is -1.56. The first-order valence-electron chi connectivity index (χ1n) is 27.6. The van der Waals surface area contributed by atoms with Crippen molar-refractivity contribution >= 4 is 11.9 Å². The topological polar surface area (TPSA) is 184 Å². The average Bonchev–Trinajstić information content (AvgIpc) is 4.38. The van der Waals surface area contributed by atoms with Crippen molar-refractivity contribution in [3.8, 4) is 11.5 Å². The maximum Gasteiger partial charge on any atom is 0.338 e. The Morgan fingerprint density at radius 3 is 1.16 bits per heavy atom. The maximum atomic E-state index is 14.2. The Balaban J connectivity index is 0.944. The minimum Gasteiger partial charge on any atom is -0.497 e. The lowest BCUT2D eigenvalue weighted by Crippen LogP contribution is -2.47. The van der Waals surface area contributed by atoms with Crippen LogP contribution in [0.25, 0.3) is 0 Å². The Hall–Kier alpha value is -7.36. The van der Waals surface area contributed by atoms with Gasteiger partial charge < -0.3 is 71.4 Å². The third-order valence-electron chi connectivity index (χ3n) is 14.3. The van der Waals surface area contributed by atoms with Gasteiger partial charge in [-0.2, -0.15) is 0 Å². The van der Waals surface area contributed by atoms with E-state index in [2.05, 4.69) is 0 Å². The van der Waals surface area contributed by atoms with Gasteiger partial charge in [0, 0.05) is 0 Å². The van der Waals surface area contributed by atoms with Gasteiger partial charge in [-0.3, -0.25) is 0 Å². The fourth-order valence-corrected chi connectivity index (χ4v) is 9.94. The smallest absolute Gasteiger partial charge is 0.338 e. The fourth-order valence-electron chi connectivity index (χ4n) is 9.94. The van der Waals surface area contributed by atoms with E-state index in [1.54, 1.807) is 74.9 Å². The molecule has 10 rings (SSSR count). The third-order valence-corrected chi connectivity index (χ3v) is 14.3. The van der Waals surface area contributed by atoms with Crippen LogP contribution in [0.2, 0.25) is 0 Å². The predicted molar refractivity (Wildman–Crippen MR) is 301 cm³/mol. The average molecular weight is 1130 g/mol. The summed E-state index contributed by atoms with van der Waals surface area (Å²) < 4.78 is 89.3. The molecule has 3 heterocycles. The zero-order valence-corrected chi connectivity index (χ0v) is 46.1. The second kappa shape index (κ2) is 29.8. The molecular weight excluding hydrogens is 1060 g/mol. The van der Waals surface area contributed by atoms with Gasteiger partial charge in [-0.25, -0.2) is 9.59 Å². The second-order valence-electron chi connectivity index (χ2n) is 20.1. The van der Waals surface area contributed by atoms with E-state index in [0.717, 1.165) is 27.8 Å². The molecule has 12 atom stereocenters. The maximum absolute atomic E-state index is 14.2. The van der Waals surface area contributed by atoms with E-state index < -0.39 is 85.7 Å². The highest BCUT2D eigenvalue weighted by molar-refractivity contribution is 5.90. The Bertz CT molecular complexity index is 3030. The molecule has 0 unspecified atom stereocenters. The highest BCUT2D eigenvalue weighted by atomic mass is 16.8. The number of esters is 2. The molecule has 0 amide bonds. The molecule has 434 valence electrons. The van der Waals surface area contributed by atoms with Crippen LogP contribution in [0.4, 0.5) is 0 Å². The Kier molecular flexibility index (Phi) is 21.1. The van der Waals surface area contributed by atoms with Crippen LogP contribution in [-0.4, -0.2) is 125 Å². The van der Waals surface area contributed by atoms with Crippen molar-refractivity contribution in [1.82, 2.24) is 0 Å². The van der Waals surface area contributed by atoms with Gasteiger partial charge in [0.05, 0.1) is 78.2 Å². The number of carbonyl (C=O) groups is 2. The van der Waals surface area contributed by atoms with Gasteiger partial charge in [0.1, 0.15) is 54.2 Å². The molecule has 0 bridgehead atoms. The summed E-state index contributed by atoms with van der Waals surface area (Å²) >= 11 is 0. The van der Waals surface area contributed by atoms with Gasteiger partial charge in [0.25, 0.3) is 0 Å². The van der Waals surface area contributed by atoms with E-state index in [1.807, 2.05) is 140 Å². The van der Waals surface area contributed by atoms with E-state index in [0.29, 0.717) is 17.1 Å². The molecule has 1 N–H and O–H groups in total. The molecule has 0 aromatic heterocycles.